The average molecular weight is 361 g/mol. The van der Waals surface area contributed by atoms with Crippen molar-refractivity contribution in [3.8, 4) is 11.8 Å². The van der Waals surface area contributed by atoms with E-state index in [-0.39, 0.29) is 5.57 Å². The van der Waals surface area contributed by atoms with Gasteiger partial charge in [-0.05, 0) is 48.4 Å². The summed E-state index contributed by atoms with van der Waals surface area (Å²) in [6.07, 6.45) is -3.91. The van der Waals surface area contributed by atoms with Crippen LogP contribution in [0.15, 0.2) is 48.5 Å². The van der Waals surface area contributed by atoms with Crippen molar-refractivity contribution in [3.63, 3.8) is 0 Å². The molecule has 134 valence electrons. The summed E-state index contributed by atoms with van der Waals surface area (Å²) >= 11 is 0. The summed E-state index contributed by atoms with van der Waals surface area (Å²) in [5.74, 6) is -0.742. The number of carboxylic acid groups (broad SMARTS) is 1. The Morgan fingerprint density at radius 1 is 1.15 bits per heavy atom. The smallest absolute Gasteiger partial charge is 0.416 e. The molecule has 2 rings (SSSR count). The number of rotatable bonds is 5. The number of hydrogen-bond donors (Lipinski definition) is 1. The summed E-state index contributed by atoms with van der Waals surface area (Å²) in [7, 11) is 0. The number of aliphatic carboxylic acids is 1. The predicted octanol–water partition coefficient (Wildman–Crippen LogP) is 4.62. The molecule has 0 spiro atoms. The zero-order valence-corrected chi connectivity index (χ0v) is 13.6. The number of ether oxygens (including phenoxy) is 1. The number of nitriles is 1. The largest absolute Gasteiger partial charge is 0.479 e. The maximum atomic E-state index is 12.6. The van der Waals surface area contributed by atoms with Gasteiger partial charge in [0, 0.05) is 0 Å². The molecule has 0 aliphatic rings. The van der Waals surface area contributed by atoms with E-state index in [0.717, 1.165) is 12.1 Å². The highest BCUT2D eigenvalue weighted by Crippen LogP contribution is 2.30. The lowest BCUT2D eigenvalue weighted by Gasteiger charge is -2.10. The molecule has 0 radical (unpaired) electrons. The zero-order valence-electron chi connectivity index (χ0n) is 13.6. The lowest BCUT2D eigenvalue weighted by atomic mass is 10.0. The van der Waals surface area contributed by atoms with Crippen LogP contribution in [-0.4, -0.2) is 17.2 Å². The van der Waals surface area contributed by atoms with Gasteiger partial charge in [-0.1, -0.05) is 24.3 Å². The van der Waals surface area contributed by atoms with Gasteiger partial charge in [-0.15, -0.1) is 0 Å². The SMILES string of the molecule is C[C@@H](Oc1ccc(/C=C(/C#N)c2ccc(C(F)(F)F)cc2)cc1)C(=O)O. The Hall–Kier alpha value is -3.27. The van der Waals surface area contributed by atoms with Gasteiger partial charge in [0.1, 0.15) is 5.75 Å². The molecule has 4 nitrogen and oxygen atoms in total. The van der Waals surface area contributed by atoms with Crippen LogP contribution in [0.1, 0.15) is 23.6 Å². The maximum Gasteiger partial charge on any atom is 0.416 e. The molecule has 2 aromatic rings. The first kappa shape index (κ1) is 19.1. The van der Waals surface area contributed by atoms with Crippen molar-refractivity contribution in [2.75, 3.05) is 0 Å². The molecule has 0 aromatic heterocycles. The molecule has 0 bridgehead atoms. The van der Waals surface area contributed by atoms with Crippen LogP contribution < -0.4 is 4.74 Å². The first-order valence-corrected chi connectivity index (χ1v) is 7.49. The normalized spacial score (nSPS) is 13.0. The molecule has 0 aliphatic heterocycles. The number of alkyl halides is 3. The minimum atomic E-state index is -4.43. The molecular formula is C19H14F3NO3. The minimum Gasteiger partial charge on any atom is -0.479 e. The van der Waals surface area contributed by atoms with E-state index in [1.54, 1.807) is 24.3 Å². The molecule has 0 heterocycles. The van der Waals surface area contributed by atoms with Crippen LogP contribution >= 0.6 is 0 Å². The van der Waals surface area contributed by atoms with Gasteiger partial charge in [0.25, 0.3) is 0 Å². The third-order valence-electron chi connectivity index (χ3n) is 3.50. The molecule has 0 unspecified atom stereocenters. The third-order valence-corrected chi connectivity index (χ3v) is 3.50. The maximum absolute atomic E-state index is 12.6. The summed E-state index contributed by atoms with van der Waals surface area (Å²) in [5, 5.41) is 18.1. The Kier molecular flexibility index (Phi) is 5.68. The van der Waals surface area contributed by atoms with Crippen LogP contribution in [0.5, 0.6) is 5.75 Å². The van der Waals surface area contributed by atoms with E-state index in [9.17, 15) is 23.2 Å². The van der Waals surface area contributed by atoms with Crippen LogP contribution in [0.25, 0.3) is 11.6 Å². The van der Waals surface area contributed by atoms with E-state index in [1.807, 2.05) is 6.07 Å². The Bertz CT molecular complexity index is 848. The Balaban J connectivity index is 2.21. The minimum absolute atomic E-state index is 0.200. The topological polar surface area (TPSA) is 70.3 Å². The first-order chi connectivity index (χ1) is 12.2. The number of hydrogen-bond acceptors (Lipinski definition) is 3. The van der Waals surface area contributed by atoms with Gasteiger partial charge in [-0.2, -0.15) is 18.4 Å². The quantitative estimate of drug-likeness (QED) is 0.623. The van der Waals surface area contributed by atoms with Crippen LogP contribution in [0.2, 0.25) is 0 Å². The fourth-order valence-corrected chi connectivity index (χ4v) is 2.08. The van der Waals surface area contributed by atoms with Crippen LogP contribution in [-0.2, 0) is 11.0 Å². The second-order valence-corrected chi connectivity index (χ2v) is 5.41. The van der Waals surface area contributed by atoms with Gasteiger partial charge < -0.3 is 9.84 Å². The molecule has 0 aliphatic carbocycles. The highest BCUT2D eigenvalue weighted by atomic mass is 19.4. The van der Waals surface area contributed by atoms with E-state index < -0.39 is 23.8 Å². The van der Waals surface area contributed by atoms with Crippen molar-refractivity contribution in [2.45, 2.75) is 19.2 Å². The second kappa shape index (κ2) is 7.74. The number of nitrogens with zero attached hydrogens (tertiary/aromatic N) is 1. The van der Waals surface area contributed by atoms with Crippen molar-refractivity contribution in [2.24, 2.45) is 0 Å². The predicted molar refractivity (Wildman–Crippen MR) is 89.1 cm³/mol. The van der Waals surface area contributed by atoms with E-state index >= 15 is 0 Å². The number of benzene rings is 2. The van der Waals surface area contributed by atoms with Crippen LogP contribution in [0, 0.1) is 11.3 Å². The van der Waals surface area contributed by atoms with Gasteiger partial charge in [0.05, 0.1) is 17.2 Å². The van der Waals surface area contributed by atoms with Gasteiger partial charge in [-0.25, -0.2) is 4.79 Å². The lowest BCUT2D eigenvalue weighted by Crippen LogP contribution is -2.22. The highest BCUT2D eigenvalue weighted by molar-refractivity contribution is 5.89. The van der Waals surface area contributed by atoms with Crippen molar-refractivity contribution in [3.05, 3.63) is 65.2 Å². The summed E-state index contributed by atoms with van der Waals surface area (Å²) in [6, 6.07) is 12.6. The Labute approximate surface area is 147 Å². The van der Waals surface area contributed by atoms with Crippen LogP contribution in [0.3, 0.4) is 0 Å². The Morgan fingerprint density at radius 3 is 2.19 bits per heavy atom. The molecule has 1 atom stereocenters. The number of carboxylic acids is 1. The molecule has 0 fully saturated rings. The standard InChI is InChI=1S/C19H14F3NO3/c1-12(18(24)25)26-17-8-2-13(3-9-17)10-15(11-23)14-4-6-16(7-5-14)19(20,21)22/h2-10,12H,1H3,(H,24,25)/b15-10-/t12-/m1/s1. The molecule has 7 heteroatoms. The van der Waals surface area contributed by atoms with Crippen molar-refractivity contribution in [1.29, 1.82) is 5.26 Å². The molecule has 2 aromatic carbocycles. The average Bonchev–Trinajstić information content (AvgIpc) is 2.60. The van der Waals surface area contributed by atoms with E-state index in [4.69, 9.17) is 9.84 Å². The molecular weight excluding hydrogens is 347 g/mol. The van der Waals surface area contributed by atoms with Crippen molar-refractivity contribution >= 4 is 17.6 Å². The van der Waals surface area contributed by atoms with E-state index in [1.165, 1.54) is 25.1 Å². The number of allylic oxidation sites excluding steroid dienone is 1. The lowest BCUT2D eigenvalue weighted by molar-refractivity contribution is -0.144. The molecule has 26 heavy (non-hydrogen) atoms. The molecule has 1 N–H and O–H groups in total. The van der Waals surface area contributed by atoms with Gasteiger partial charge in [-0.3, -0.25) is 0 Å². The zero-order chi connectivity index (χ0) is 19.3. The summed E-state index contributed by atoms with van der Waals surface area (Å²) in [6.45, 7) is 1.40. The fraction of sp³-hybridized carbons (Fsp3) is 0.158. The van der Waals surface area contributed by atoms with E-state index in [0.29, 0.717) is 16.9 Å². The summed E-state index contributed by atoms with van der Waals surface area (Å²) < 4.78 is 43.0. The van der Waals surface area contributed by atoms with Crippen molar-refractivity contribution in [1.82, 2.24) is 0 Å². The number of carbonyl (C=O) groups is 1. The molecule has 0 saturated carbocycles. The highest BCUT2D eigenvalue weighted by Gasteiger charge is 2.30. The van der Waals surface area contributed by atoms with Gasteiger partial charge in [0.15, 0.2) is 6.10 Å². The monoisotopic (exact) mass is 361 g/mol. The third kappa shape index (κ3) is 4.86. The first-order valence-electron chi connectivity index (χ1n) is 7.49. The van der Waals surface area contributed by atoms with E-state index in [2.05, 4.69) is 0 Å². The summed E-state index contributed by atoms with van der Waals surface area (Å²) in [4.78, 5) is 10.8. The molecule has 0 amide bonds. The Morgan fingerprint density at radius 2 is 1.73 bits per heavy atom. The summed E-state index contributed by atoms with van der Waals surface area (Å²) in [5.41, 5.74) is 0.399. The number of halogens is 3. The molecule has 0 saturated heterocycles. The van der Waals surface area contributed by atoms with Crippen LogP contribution in [0.4, 0.5) is 13.2 Å². The van der Waals surface area contributed by atoms with Gasteiger partial charge >= 0.3 is 12.1 Å². The second-order valence-electron chi connectivity index (χ2n) is 5.41. The fourth-order valence-electron chi connectivity index (χ4n) is 2.08. The van der Waals surface area contributed by atoms with Gasteiger partial charge in [0.2, 0.25) is 0 Å². The van der Waals surface area contributed by atoms with Crippen molar-refractivity contribution < 1.29 is 27.8 Å².